The quantitative estimate of drug-likeness (QED) is 0.0669. The molecule has 2 saturated heterocycles. The predicted octanol–water partition coefficient (Wildman–Crippen LogP) is 7.01. The van der Waals surface area contributed by atoms with Crippen molar-refractivity contribution in [2.45, 2.75) is 141 Å². The molecule has 3 aromatic carbocycles. The van der Waals surface area contributed by atoms with Crippen LogP contribution in [0.2, 0.25) is 0 Å². The zero-order chi connectivity index (χ0) is 39.7. The van der Waals surface area contributed by atoms with E-state index in [4.69, 9.17) is 14.7 Å². The molecule has 302 valence electrons. The normalized spacial score (nSPS) is 24.2. The number of hydroxylamine groups is 1. The van der Waals surface area contributed by atoms with Crippen molar-refractivity contribution in [3.05, 3.63) is 95.1 Å². The van der Waals surface area contributed by atoms with Crippen LogP contribution >= 0.6 is 0 Å². The molecule has 0 spiro atoms. The van der Waals surface area contributed by atoms with Crippen molar-refractivity contribution in [3.8, 4) is 11.1 Å². The van der Waals surface area contributed by atoms with Crippen molar-refractivity contribution in [1.29, 1.82) is 0 Å². The number of hydrogen-bond acceptors (Lipinski definition) is 8. The number of amides is 3. The number of ether oxygens (including phenoxy) is 2. The Hall–Kier alpha value is -4.13. The topological polar surface area (TPSA) is 149 Å². The number of likely N-dealkylation sites (tertiary alicyclic amines) is 1. The fraction of sp³-hybridized carbons (Fsp3) is 0.533. The van der Waals surface area contributed by atoms with Crippen molar-refractivity contribution in [1.82, 2.24) is 21.0 Å². The van der Waals surface area contributed by atoms with Crippen molar-refractivity contribution >= 4 is 17.7 Å². The van der Waals surface area contributed by atoms with Crippen LogP contribution in [0.15, 0.2) is 72.8 Å². The number of nitrogens with zero attached hydrogens (tertiary/aromatic N) is 1. The van der Waals surface area contributed by atoms with Crippen LogP contribution in [0.4, 0.5) is 0 Å². The van der Waals surface area contributed by atoms with Gasteiger partial charge in [-0.3, -0.25) is 24.5 Å². The van der Waals surface area contributed by atoms with E-state index in [1.165, 1.54) is 19.3 Å². The van der Waals surface area contributed by atoms with E-state index in [2.05, 4.69) is 27.7 Å². The summed E-state index contributed by atoms with van der Waals surface area (Å²) in [5.41, 5.74) is 7.06. The first-order valence-corrected chi connectivity index (χ1v) is 20.5. The molecule has 2 heterocycles. The van der Waals surface area contributed by atoms with E-state index in [9.17, 15) is 19.5 Å². The number of fused-ring (bicyclic) bond motifs is 1. The first kappa shape index (κ1) is 41.5. The number of benzene rings is 3. The second-order valence-corrected chi connectivity index (χ2v) is 16.8. The Kier molecular flexibility index (Phi) is 14.3. The molecule has 6 rings (SSSR count). The molecule has 1 aliphatic carbocycles. The van der Waals surface area contributed by atoms with Gasteiger partial charge >= 0.3 is 0 Å². The predicted molar refractivity (Wildman–Crippen MR) is 214 cm³/mol. The number of carbonyl (C=O) groups excluding carboxylic acids is 3. The summed E-state index contributed by atoms with van der Waals surface area (Å²) in [7, 11) is 0. The van der Waals surface area contributed by atoms with Crippen LogP contribution in [-0.2, 0) is 37.0 Å². The maximum Gasteiger partial charge on any atom is 0.243 e. The minimum Gasteiger partial charge on any atom is -0.392 e. The molecule has 3 fully saturated rings. The second-order valence-electron chi connectivity index (χ2n) is 16.8. The first-order valence-electron chi connectivity index (χ1n) is 20.5. The summed E-state index contributed by atoms with van der Waals surface area (Å²) in [5, 5.41) is 24.6. The lowest BCUT2D eigenvalue weighted by Crippen LogP contribution is -2.61. The van der Waals surface area contributed by atoms with Gasteiger partial charge in [-0.2, -0.15) is 0 Å². The van der Waals surface area contributed by atoms with Crippen LogP contribution < -0.4 is 16.1 Å². The van der Waals surface area contributed by atoms with Gasteiger partial charge < -0.3 is 25.2 Å². The molecule has 3 aliphatic rings. The molecular weight excluding hydrogens is 709 g/mol. The van der Waals surface area contributed by atoms with Crippen LogP contribution in [-0.4, -0.2) is 63.2 Å². The third-order valence-corrected chi connectivity index (χ3v) is 11.5. The van der Waals surface area contributed by atoms with Gasteiger partial charge in [0.25, 0.3) is 0 Å². The molecule has 0 aromatic heterocycles. The molecule has 2 aliphatic heterocycles. The summed E-state index contributed by atoms with van der Waals surface area (Å²) in [6, 6.07) is 24.3. The lowest BCUT2D eigenvalue weighted by molar-refractivity contribution is -0.255. The number of unbranched alkanes of at least 4 members (excludes halogenated alkanes) is 1. The fourth-order valence-corrected chi connectivity index (χ4v) is 8.68. The number of carbonyl (C=O) groups is 3. The third kappa shape index (κ3) is 11.0. The number of aliphatic hydroxyl groups excluding tert-OH is 1. The summed E-state index contributed by atoms with van der Waals surface area (Å²) in [6.45, 7) is 7.11. The average molecular weight is 769 g/mol. The van der Waals surface area contributed by atoms with Crippen LogP contribution in [0.3, 0.4) is 0 Å². The minimum atomic E-state index is -0.628. The molecule has 0 radical (unpaired) electrons. The Labute approximate surface area is 331 Å². The van der Waals surface area contributed by atoms with Crippen molar-refractivity contribution in [2.75, 3.05) is 6.54 Å². The van der Waals surface area contributed by atoms with Gasteiger partial charge in [0, 0.05) is 49.5 Å². The van der Waals surface area contributed by atoms with E-state index in [-0.39, 0.29) is 48.6 Å². The molecule has 1 saturated carbocycles. The standard InChI is InChI=1S/C45H60N4O7/c1-45(2,3)47-43(53)39-25-24-32-10-5-7-13-38(32)49(39)28-36-26-40(33-18-16-30(29-50)17-19-33)56-44(55-36)34-22-20-31(21-23-34)37-12-6-4-11-35(37)27-46-41(51)14-8-9-15-42(52)48-54/h4,6,11-12,16-23,32,36,38-40,44,50,54H,5,7-10,13-15,24-29H2,1-3H3,(H,46,51)(H,47,53)(H,48,52). The van der Waals surface area contributed by atoms with Gasteiger partial charge in [0.05, 0.1) is 24.9 Å². The molecule has 0 bridgehead atoms. The Morgan fingerprint density at radius 3 is 2.23 bits per heavy atom. The fourth-order valence-electron chi connectivity index (χ4n) is 8.68. The maximum atomic E-state index is 13.8. The van der Waals surface area contributed by atoms with Crippen molar-refractivity contribution < 1.29 is 34.2 Å². The zero-order valence-electron chi connectivity index (χ0n) is 33.2. The van der Waals surface area contributed by atoms with Gasteiger partial charge in [-0.15, -0.1) is 0 Å². The number of rotatable bonds is 14. The monoisotopic (exact) mass is 768 g/mol. The summed E-state index contributed by atoms with van der Waals surface area (Å²) < 4.78 is 13.6. The number of hydrogen-bond donors (Lipinski definition) is 5. The average Bonchev–Trinajstić information content (AvgIpc) is 3.21. The zero-order valence-corrected chi connectivity index (χ0v) is 33.2. The van der Waals surface area contributed by atoms with Gasteiger partial charge in [-0.25, -0.2) is 5.48 Å². The van der Waals surface area contributed by atoms with E-state index < -0.39 is 12.2 Å². The lowest BCUT2D eigenvalue weighted by Gasteiger charge is -2.50. The van der Waals surface area contributed by atoms with E-state index in [1.807, 2.05) is 81.4 Å². The molecule has 11 nitrogen and oxygen atoms in total. The van der Waals surface area contributed by atoms with Crippen LogP contribution in [0, 0.1) is 5.92 Å². The number of nitrogens with one attached hydrogen (secondary N) is 3. The van der Waals surface area contributed by atoms with E-state index in [0.717, 1.165) is 52.6 Å². The van der Waals surface area contributed by atoms with E-state index >= 15 is 0 Å². The first-order chi connectivity index (χ1) is 27.0. The third-order valence-electron chi connectivity index (χ3n) is 11.5. The highest BCUT2D eigenvalue weighted by atomic mass is 16.7. The Morgan fingerprint density at radius 1 is 0.821 bits per heavy atom. The minimum absolute atomic E-state index is 0.0229. The summed E-state index contributed by atoms with van der Waals surface area (Å²) >= 11 is 0. The van der Waals surface area contributed by atoms with Crippen molar-refractivity contribution in [2.24, 2.45) is 5.92 Å². The smallest absolute Gasteiger partial charge is 0.243 e. The summed E-state index contributed by atoms with van der Waals surface area (Å²) in [5.74, 6) is 0.147. The highest BCUT2D eigenvalue weighted by Crippen LogP contribution is 2.42. The molecule has 56 heavy (non-hydrogen) atoms. The molecule has 11 heteroatoms. The largest absolute Gasteiger partial charge is 0.392 e. The Balaban J connectivity index is 1.19. The molecule has 5 N–H and O–H groups in total. The Bertz CT molecular complexity index is 1760. The van der Waals surface area contributed by atoms with Gasteiger partial charge in [-0.1, -0.05) is 85.6 Å². The Morgan fingerprint density at radius 2 is 1.52 bits per heavy atom. The van der Waals surface area contributed by atoms with Crippen LogP contribution in [0.1, 0.15) is 126 Å². The van der Waals surface area contributed by atoms with Crippen LogP contribution in [0.5, 0.6) is 0 Å². The van der Waals surface area contributed by atoms with E-state index in [1.54, 1.807) is 5.48 Å². The highest BCUT2D eigenvalue weighted by Gasteiger charge is 2.44. The molecular formula is C45H60N4O7. The summed E-state index contributed by atoms with van der Waals surface area (Å²) in [6.07, 6.45) is 7.80. The van der Waals surface area contributed by atoms with Crippen LogP contribution in [0.25, 0.3) is 11.1 Å². The molecule has 3 amide bonds. The summed E-state index contributed by atoms with van der Waals surface area (Å²) in [4.78, 5) is 40.1. The van der Waals surface area contributed by atoms with Crippen molar-refractivity contribution in [3.63, 3.8) is 0 Å². The molecule has 6 unspecified atom stereocenters. The van der Waals surface area contributed by atoms with Gasteiger partial charge in [-0.05, 0) is 93.0 Å². The highest BCUT2D eigenvalue weighted by molar-refractivity contribution is 5.82. The van der Waals surface area contributed by atoms with Gasteiger partial charge in [0.15, 0.2) is 6.29 Å². The maximum absolute atomic E-state index is 13.8. The van der Waals surface area contributed by atoms with Gasteiger partial charge in [0.1, 0.15) is 0 Å². The van der Waals surface area contributed by atoms with E-state index in [0.29, 0.717) is 50.7 Å². The number of aliphatic hydroxyl groups is 1. The lowest BCUT2D eigenvalue weighted by atomic mass is 9.75. The molecule has 6 atom stereocenters. The SMILES string of the molecule is CC(C)(C)NC(=O)C1CCC2CCCCC2N1CC1CC(c2ccc(CO)cc2)OC(c2ccc(-c3ccccc3CNC(=O)CCCCC(=O)NO)cc2)O1. The second kappa shape index (κ2) is 19.3. The van der Waals surface area contributed by atoms with Gasteiger partial charge in [0.2, 0.25) is 17.7 Å². The molecule has 3 aromatic rings. The number of piperidine rings is 1.